The van der Waals surface area contributed by atoms with Crippen molar-refractivity contribution in [3.05, 3.63) is 29.6 Å². The number of hydrogen-bond acceptors (Lipinski definition) is 3. The number of phenolic OH excluding ortho intramolecular Hbond substituents is 1. The number of rotatable bonds is 3. The maximum absolute atomic E-state index is 12.9. The molecule has 0 saturated heterocycles. The zero-order chi connectivity index (χ0) is 10.8. The monoisotopic (exact) mass is 211 g/mol. The van der Waals surface area contributed by atoms with Gasteiger partial charge in [-0.1, -0.05) is 6.07 Å². The lowest BCUT2D eigenvalue weighted by Gasteiger charge is -2.32. The minimum Gasteiger partial charge on any atom is -0.505 e. The first kappa shape index (κ1) is 10.4. The lowest BCUT2D eigenvalue weighted by molar-refractivity contribution is 0.0619. The molecule has 0 radical (unpaired) electrons. The third kappa shape index (κ3) is 2.46. The molecule has 1 aromatic rings. The van der Waals surface area contributed by atoms with E-state index in [-0.39, 0.29) is 11.9 Å². The first-order chi connectivity index (χ1) is 7.15. The van der Waals surface area contributed by atoms with Crippen LogP contribution in [0.15, 0.2) is 18.2 Å². The van der Waals surface area contributed by atoms with E-state index in [1.807, 2.05) is 0 Å². The molecule has 0 aliphatic heterocycles. The second kappa shape index (κ2) is 4.16. The van der Waals surface area contributed by atoms with Crippen LogP contribution in [0.4, 0.5) is 4.39 Å². The van der Waals surface area contributed by atoms with Gasteiger partial charge < -0.3 is 15.5 Å². The van der Waals surface area contributed by atoms with E-state index < -0.39 is 5.82 Å². The van der Waals surface area contributed by atoms with Crippen molar-refractivity contribution in [3.63, 3.8) is 0 Å². The van der Waals surface area contributed by atoms with Crippen LogP contribution in [-0.2, 0) is 6.54 Å². The molecule has 4 heteroatoms. The normalized spacial score (nSPS) is 24.9. The van der Waals surface area contributed by atoms with Gasteiger partial charge in [0.1, 0.15) is 0 Å². The van der Waals surface area contributed by atoms with Crippen molar-refractivity contribution in [3.8, 4) is 5.75 Å². The van der Waals surface area contributed by atoms with Gasteiger partial charge in [-0.05, 0) is 30.5 Å². The highest BCUT2D eigenvalue weighted by atomic mass is 19.1. The van der Waals surface area contributed by atoms with Crippen LogP contribution in [0.1, 0.15) is 18.4 Å². The highest BCUT2D eigenvalue weighted by Gasteiger charge is 2.26. The van der Waals surface area contributed by atoms with Crippen LogP contribution in [-0.4, -0.2) is 22.4 Å². The van der Waals surface area contributed by atoms with Crippen LogP contribution in [0, 0.1) is 5.82 Å². The molecule has 1 aromatic carbocycles. The van der Waals surface area contributed by atoms with E-state index in [0.717, 1.165) is 18.4 Å². The summed E-state index contributed by atoms with van der Waals surface area (Å²) in [5.74, 6) is -0.916. The second-order valence-electron chi connectivity index (χ2n) is 3.99. The van der Waals surface area contributed by atoms with Crippen LogP contribution < -0.4 is 5.32 Å². The molecule has 3 nitrogen and oxygen atoms in total. The molecule has 0 unspecified atom stereocenters. The zero-order valence-electron chi connectivity index (χ0n) is 8.28. The third-order valence-electron chi connectivity index (χ3n) is 2.72. The Kier molecular flexibility index (Phi) is 2.88. The molecular weight excluding hydrogens is 197 g/mol. The molecule has 15 heavy (non-hydrogen) atoms. The lowest BCUT2D eigenvalue weighted by Crippen LogP contribution is -2.43. The summed E-state index contributed by atoms with van der Waals surface area (Å²) >= 11 is 0. The molecule has 1 aliphatic carbocycles. The summed E-state index contributed by atoms with van der Waals surface area (Å²) in [6.07, 6.45) is 1.35. The molecule has 0 atom stereocenters. The van der Waals surface area contributed by atoms with Crippen molar-refractivity contribution in [1.82, 2.24) is 5.32 Å². The maximum atomic E-state index is 12.9. The first-order valence-electron chi connectivity index (χ1n) is 5.04. The smallest absolute Gasteiger partial charge is 0.165 e. The Balaban J connectivity index is 1.86. The highest BCUT2D eigenvalue weighted by Crippen LogP contribution is 2.20. The van der Waals surface area contributed by atoms with E-state index in [9.17, 15) is 4.39 Å². The molecule has 0 amide bonds. The van der Waals surface area contributed by atoms with Gasteiger partial charge in [0.25, 0.3) is 0 Å². The molecule has 0 spiro atoms. The largest absolute Gasteiger partial charge is 0.505 e. The van der Waals surface area contributed by atoms with Crippen LogP contribution >= 0.6 is 0 Å². The van der Waals surface area contributed by atoms with E-state index in [1.54, 1.807) is 6.07 Å². The number of aromatic hydroxyl groups is 1. The summed E-state index contributed by atoms with van der Waals surface area (Å²) in [7, 11) is 0. The summed E-state index contributed by atoms with van der Waals surface area (Å²) in [5, 5.41) is 21.3. The fraction of sp³-hybridized carbons (Fsp3) is 0.455. The highest BCUT2D eigenvalue weighted by molar-refractivity contribution is 5.27. The number of aliphatic hydroxyl groups excluding tert-OH is 1. The number of halogens is 1. The Labute approximate surface area is 87.6 Å². The number of nitrogens with one attached hydrogen (secondary N) is 1. The average molecular weight is 211 g/mol. The molecule has 3 N–H and O–H groups in total. The topological polar surface area (TPSA) is 52.5 Å². The third-order valence-corrected chi connectivity index (χ3v) is 2.72. The van der Waals surface area contributed by atoms with Crippen LogP contribution in [0.5, 0.6) is 5.75 Å². The van der Waals surface area contributed by atoms with E-state index in [1.165, 1.54) is 12.1 Å². The lowest BCUT2D eigenvalue weighted by atomic mass is 9.89. The number of phenols is 1. The van der Waals surface area contributed by atoms with Gasteiger partial charge in [0.05, 0.1) is 6.10 Å². The molecule has 0 heterocycles. The zero-order valence-corrected chi connectivity index (χ0v) is 8.28. The van der Waals surface area contributed by atoms with Crippen LogP contribution in [0.2, 0.25) is 0 Å². The van der Waals surface area contributed by atoms with Gasteiger partial charge in [0.15, 0.2) is 11.6 Å². The van der Waals surface area contributed by atoms with Crippen molar-refractivity contribution in [2.75, 3.05) is 0 Å². The molecule has 82 valence electrons. The van der Waals surface area contributed by atoms with Crippen LogP contribution in [0.25, 0.3) is 0 Å². The van der Waals surface area contributed by atoms with Crippen molar-refractivity contribution in [2.24, 2.45) is 0 Å². The van der Waals surface area contributed by atoms with E-state index >= 15 is 0 Å². The first-order valence-corrected chi connectivity index (χ1v) is 5.04. The predicted molar refractivity (Wildman–Crippen MR) is 53.9 cm³/mol. The number of hydrogen-bond donors (Lipinski definition) is 3. The van der Waals surface area contributed by atoms with Gasteiger partial charge in [-0.25, -0.2) is 4.39 Å². The fourth-order valence-corrected chi connectivity index (χ4v) is 1.68. The minimum absolute atomic E-state index is 0.181. The van der Waals surface area contributed by atoms with Gasteiger partial charge in [0, 0.05) is 12.6 Å². The molecule has 1 fully saturated rings. The second-order valence-corrected chi connectivity index (χ2v) is 3.99. The Morgan fingerprint density at radius 2 is 2.13 bits per heavy atom. The Bertz CT molecular complexity index is 350. The maximum Gasteiger partial charge on any atom is 0.165 e. The van der Waals surface area contributed by atoms with E-state index in [2.05, 4.69) is 5.32 Å². The van der Waals surface area contributed by atoms with E-state index in [4.69, 9.17) is 10.2 Å². The summed E-state index contributed by atoms with van der Waals surface area (Å²) in [6.45, 7) is 0.564. The van der Waals surface area contributed by atoms with Gasteiger partial charge in [-0.3, -0.25) is 0 Å². The summed E-state index contributed by atoms with van der Waals surface area (Å²) in [5.41, 5.74) is 0.798. The van der Waals surface area contributed by atoms with E-state index in [0.29, 0.717) is 12.6 Å². The van der Waals surface area contributed by atoms with Crippen LogP contribution in [0.3, 0.4) is 0 Å². The molecule has 0 aromatic heterocycles. The van der Waals surface area contributed by atoms with Gasteiger partial charge in [0.2, 0.25) is 0 Å². The van der Waals surface area contributed by atoms with Gasteiger partial charge in [-0.2, -0.15) is 0 Å². The predicted octanol–water partition coefficient (Wildman–Crippen LogP) is 1.14. The van der Waals surface area contributed by atoms with Gasteiger partial charge in [-0.15, -0.1) is 0 Å². The standard InChI is InChI=1S/C11H14FNO2/c12-10-3-7(1-2-11(10)15)6-13-8-4-9(14)5-8/h1-3,8-9,13-15H,4-6H2. The van der Waals surface area contributed by atoms with Gasteiger partial charge >= 0.3 is 0 Å². The molecule has 2 rings (SSSR count). The Hall–Kier alpha value is -1.13. The van der Waals surface area contributed by atoms with Crippen molar-refractivity contribution >= 4 is 0 Å². The molecule has 1 saturated carbocycles. The Morgan fingerprint density at radius 3 is 2.73 bits per heavy atom. The SMILES string of the molecule is Oc1ccc(CNC2CC(O)C2)cc1F. The van der Waals surface area contributed by atoms with Crippen molar-refractivity contribution in [2.45, 2.75) is 31.5 Å². The summed E-state index contributed by atoms with van der Waals surface area (Å²) in [6, 6.07) is 4.68. The van der Waals surface area contributed by atoms with Crippen molar-refractivity contribution < 1.29 is 14.6 Å². The number of aliphatic hydroxyl groups is 1. The Morgan fingerprint density at radius 1 is 1.40 bits per heavy atom. The fourth-order valence-electron chi connectivity index (χ4n) is 1.68. The minimum atomic E-state index is -0.594. The average Bonchev–Trinajstić information content (AvgIpc) is 2.16. The molecular formula is C11H14FNO2. The summed E-state index contributed by atoms with van der Waals surface area (Å²) < 4.78 is 12.9. The molecule has 1 aliphatic rings. The van der Waals surface area contributed by atoms with Crippen molar-refractivity contribution in [1.29, 1.82) is 0 Å². The number of benzene rings is 1. The summed E-state index contributed by atoms with van der Waals surface area (Å²) in [4.78, 5) is 0. The quantitative estimate of drug-likeness (QED) is 0.702. The molecule has 0 bridgehead atoms.